The lowest BCUT2D eigenvalue weighted by atomic mass is 10.0. The van der Waals surface area contributed by atoms with Crippen LogP contribution in [0.2, 0.25) is 0 Å². The van der Waals surface area contributed by atoms with Gasteiger partial charge in [0.05, 0.1) is 24.4 Å². The molecule has 1 atom stereocenters. The van der Waals surface area contributed by atoms with Gasteiger partial charge < -0.3 is 14.7 Å². The van der Waals surface area contributed by atoms with Gasteiger partial charge in [-0.25, -0.2) is 14.8 Å². The average Bonchev–Trinajstić information content (AvgIpc) is 2.46. The number of hydrogen-bond acceptors (Lipinski definition) is 5. The van der Waals surface area contributed by atoms with Crippen molar-refractivity contribution in [2.24, 2.45) is 0 Å². The smallest absolute Gasteiger partial charge is 0.334 e. The molecule has 0 aliphatic carbocycles. The zero-order chi connectivity index (χ0) is 14.7. The van der Waals surface area contributed by atoms with Crippen LogP contribution in [0.25, 0.3) is 0 Å². The van der Waals surface area contributed by atoms with Crippen LogP contribution in [0.15, 0.2) is 12.5 Å². The molecule has 1 aromatic rings. The van der Waals surface area contributed by atoms with Crippen molar-refractivity contribution in [2.75, 3.05) is 19.7 Å². The minimum atomic E-state index is -1.06. The highest BCUT2D eigenvalue weighted by Crippen LogP contribution is 2.18. The molecule has 1 amide bonds. The number of carboxylic acids is 1. The second kappa shape index (κ2) is 5.96. The van der Waals surface area contributed by atoms with E-state index in [2.05, 4.69) is 9.97 Å². The van der Waals surface area contributed by atoms with Crippen molar-refractivity contribution in [1.82, 2.24) is 14.9 Å². The molecular formula is C13H17N3O4. The summed E-state index contributed by atoms with van der Waals surface area (Å²) in [6.07, 6.45) is 1.92. The predicted molar refractivity (Wildman–Crippen MR) is 69.4 cm³/mol. The maximum Gasteiger partial charge on any atom is 0.334 e. The van der Waals surface area contributed by atoms with Crippen LogP contribution in [-0.4, -0.2) is 57.7 Å². The maximum atomic E-state index is 12.5. The highest BCUT2D eigenvalue weighted by Gasteiger charge is 2.30. The van der Waals surface area contributed by atoms with E-state index >= 15 is 0 Å². The fourth-order valence-electron chi connectivity index (χ4n) is 2.12. The molecule has 1 fully saturated rings. The van der Waals surface area contributed by atoms with Gasteiger partial charge in [0.2, 0.25) is 0 Å². The Hall–Kier alpha value is -2.02. The molecule has 7 heteroatoms. The standard InChI is InChI=1S/C13H17N3O4/c1-8(2)11-9(5-14-7-15-11)12(17)16-3-4-20-10(6-16)13(18)19/h5,7-8,10H,3-4,6H2,1-2H3,(H,18,19)/t10-/m0/s1. The van der Waals surface area contributed by atoms with Crippen molar-refractivity contribution in [2.45, 2.75) is 25.9 Å². The van der Waals surface area contributed by atoms with Crippen LogP contribution in [-0.2, 0) is 9.53 Å². The number of hydrogen-bond donors (Lipinski definition) is 1. The van der Waals surface area contributed by atoms with Crippen LogP contribution in [0.4, 0.5) is 0 Å². The van der Waals surface area contributed by atoms with Crippen molar-refractivity contribution >= 4 is 11.9 Å². The molecule has 0 bridgehead atoms. The fraction of sp³-hybridized carbons (Fsp3) is 0.538. The molecule has 1 aliphatic rings. The molecule has 0 unspecified atom stereocenters. The quantitative estimate of drug-likeness (QED) is 0.867. The number of aliphatic carboxylic acids is 1. The van der Waals surface area contributed by atoms with Gasteiger partial charge in [0.15, 0.2) is 6.10 Å². The summed E-state index contributed by atoms with van der Waals surface area (Å²) in [7, 11) is 0. The van der Waals surface area contributed by atoms with E-state index in [0.29, 0.717) is 17.8 Å². The molecule has 1 aromatic heterocycles. The largest absolute Gasteiger partial charge is 0.479 e. The molecule has 0 aromatic carbocycles. The normalized spacial score (nSPS) is 19.1. The van der Waals surface area contributed by atoms with Gasteiger partial charge in [0.25, 0.3) is 5.91 Å². The zero-order valence-electron chi connectivity index (χ0n) is 11.4. The van der Waals surface area contributed by atoms with Crippen molar-refractivity contribution in [3.05, 3.63) is 23.8 Å². The number of nitrogens with zero attached hydrogens (tertiary/aromatic N) is 3. The molecule has 20 heavy (non-hydrogen) atoms. The summed E-state index contributed by atoms with van der Waals surface area (Å²) in [6.45, 7) is 4.51. The predicted octanol–water partition coefficient (Wildman–Crippen LogP) is 0.526. The van der Waals surface area contributed by atoms with Gasteiger partial charge in [-0.15, -0.1) is 0 Å². The molecule has 7 nitrogen and oxygen atoms in total. The first-order chi connectivity index (χ1) is 9.50. The van der Waals surface area contributed by atoms with E-state index in [1.165, 1.54) is 17.4 Å². The van der Waals surface area contributed by atoms with Crippen LogP contribution in [0.3, 0.4) is 0 Å². The molecule has 2 rings (SSSR count). The Bertz CT molecular complexity index is 518. The van der Waals surface area contributed by atoms with Crippen LogP contribution in [0, 0.1) is 0 Å². The number of morpholine rings is 1. The summed E-state index contributed by atoms with van der Waals surface area (Å²) < 4.78 is 5.11. The molecule has 2 heterocycles. The highest BCUT2D eigenvalue weighted by molar-refractivity contribution is 5.95. The highest BCUT2D eigenvalue weighted by atomic mass is 16.5. The van der Waals surface area contributed by atoms with Gasteiger partial charge in [0, 0.05) is 12.7 Å². The van der Waals surface area contributed by atoms with Gasteiger partial charge in [-0.1, -0.05) is 13.8 Å². The van der Waals surface area contributed by atoms with Crippen LogP contribution < -0.4 is 0 Å². The molecule has 1 saturated heterocycles. The van der Waals surface area contributed by atoms with Gasteiger partial charge in [-0.05, 0) is 5.92 Å². The van der Waals surface area contributed by atoms with Gasteiger partial charge in [-0.2, -0.15) is 0 Å². The Balaban J connectivity index is 2.21. The Morgan fingerprint density at radius 1 is 1.50 bits per heavy atom. The van der Waals surface area contributed by atoms with Crippen LogP contribution >= 0.6 is 0 Å². The Labute approximate surface area is 116 Å². The van der Waals surface area contributed by atoms with E-state index < -0.39 is 12.1 Å². The van der Waals surface area contributed by atoms with Gasteiger partial charge >= 0.3 is 5.97 Å². The second-order valence-corrected chi connectivity index (χ2v) is 4.93. The summed E-state index contributed by atoms with van der Waals surface area (Å²) in [6, 6.07) is 0. The molecule has 1 aliphatic heterocycles. The maximum absolute atomic E-state index is 12.5. The summed E-state index contributed by atoms with van der Waals surface area (Å²) >= 11 is 0. The van der Waals surface area contributed by atoms with Crippen molar-refractivity contribution in [3.8, 4) is 0 Å². The van der Waals surface area contributed by atoms with Crippen molar-refractivity contribution in [1.29, 1.82) is 0 Å². The van der Waals surface area contributed by atoms with Crippen molar-refractivity contribution in [3.63, 3.8) is 0 Å². The molecule has 0 saturated carbocycles. The average molecular weight is 279 g/mol. The van der Waals surface area contributed by atoms with Crippen LogP contribution in [0.1, 0.15) is 35.8 Å². The minimum Gasteiger partial charge on any atom is -0.479 e. The summed E-state index contributed by atoms with van der Waals surface area (Å²) in [5.74, 6) is -1.21. The number of aromatic nitrogens is 2. The lowest BCUT2D eigenvalue weighted by Gasteiger charge is -2.31. The van der Waals surface area contributed by atoms with Gasteiger partial charge in [-0.3, -0.25) is 4.79 Å². The van der Waals surface area contributed by atoms with Crippen LogP contribution in [0.5, 0.6) is 0 Å². The van der Waals surface area contributed by atoms with Gasteiger partial charge in [0.1, 0.15) is 6.33 Å². The molecule has 1 N–H and O–H groups in total. The van der Waals surface area contributed by atoms with E-state index in [1.54, 1.807) is 0 Å². The topological polar surface area (TPSA) is 92.6 Å². The fourth-order valence-corrected chi connectivity index (χ4v) is 2.12. The zero-order valence-corrected chi connectivity index (χ0v) is 11.4. The SMILES string of the molecule is CC(C)c1ncncc1C(=O)N1CCO[C@H](C(=O)O)C1. The first-order valence-corrected chi connectivity index (χ1v) is 6.44. The van der Waals surface area contributed by atoms with E-state index in [4.69, 9.17) is 9.84 Å². The number of ether oxygens (including phenoxy) is 1. The first kappa shape index (κ1) is 14.4. The lowest BCUT2D eigenvalue weighted by Crippen LogP contribution is -2.48. The minimum absolute atomic E-state index is 0.0423. The Kier molecular flexibility index (Phi) is 4.29. The van der Waals surface area contributed by atoms with E-state index in [9.17, 15) is 9.59 Å². The summed E-state index contributed by atoms with van der Waals surface area (Å²) in [5, 5.41) is 8.96. The van der Waals surface area contributed by atoms with Crippen molar-refractivity contribution < 1.29 is 19.4 Å². The number of amides is 1. The second-order valence-electron chi connectivity index (χ2n) is 4.93. The monoisotopic (exact) mass is 279 g/mol. The third kappa shape index (κ3) is 2.93. The Morgan fingerprint density at radius 2 is 2.25 bits per heavy atom. The van der Waals surface area contributed by atoms with E-state index in [-0.39, 0.29) is 25.0 Å². The summed E-state index contributed by atoms with van der Waals surface area (Å²) in [5.41, 5.74) is 1.09. The first-order valence-electron chi connectivity index (χ1n) is 6.44. The number of carbonyl (C=O) groups excluding carboxylic acids is 1. The molecule has 108 valence electrons. The third-order valence-electron chi connectivity index (χ3n) is 3.15. The summed E-state index contributed by atoms with van der Waals surface area (Å²) in [4.78, 5) is 32.9. The lowest BCUT2D eigenvalue weighted by molar-refractivity contribution is -0.154. The van der Waals surface area contributed by atoms with E-state index in [1.807, 2.05) is 13.8 Å². The molecular weight excluding hydrogens is 262 g/mol. The Morgan fingerprint density at radius 3 is 2.90 bits per heavy atom. The number of rotatable bonds is 3. The molecule has 0 radical (unpaired) electrons. The number of carboxylic acid groups (broad SMARTS) is 1. The molecule has 0 spiro atoms. The third-order valence-corrected chi connectivity index (χ3v) is 3.15. The number of carbonyl (C=O) groups is 2. The van der Waals surface area contributed by atoms with E-state index in [0.717, 1.165) is 0 Å².